The number of nitrogens with zero attached hydrogens (tertiary/aromatic N) is 1. The summed E-state index contributed by atoms with van der Waals surface area (Å²) in [6, 6.07) is 7.01. The van der Waals surface area contributed by atoms with Crippen LogP contribution < -0.4 is 10.6 Å². The Bertz CT molecular complexity index is 887. The summed E-state index contributed by atoms with van der Waals surface area (Å²) >= 11 is 0. The Morgan fingerprint density at radius 1 is 1.17 bits per heavy atom. The predicted octanol–water partition coefficient (Wildman–Crippen LogP) is 1.87. The Kier molecular flexibility index (Phi) is 7.53. The van der Waals surface area contributed by atoms with Crippen molar-refractivity contribution in [1.82, 2.24) is 15.5 Å². The van der Waals surface area contributed by atoms with Gasteiger partial charge in [0, 0.05) is 32.7 Å². The fourth-order valence-corrected chi connectivity index (χ4v) is 3.23. The number of ether oxygens (including phenoxy) is 1. The van der Waals surface area contributed by atoms with E-state index in [0.29, 0.717) is 50.7 Å². The number of morpholine rings is 1. The summed E-state index contributed by atoms with van der Waals surface area (Å²) in [6.07, 6.45) is -0.194. The number of carbonyl (C=O) groups is 2. The van der Waals surface area contributed by atoms with E-state index in [9.17, 15) is 18.4 Å². The van der Waals surface area contributed by atoms with E-state index in [0.717, 1.165) is 6.07 Å². The molecule has 162 valence electrons. The van der Waals surface area contributed by atoms with Gasteiger partial charge in [0.25, 0.3) is 5.91 Å². The zero-order valence-electron chi connectivity index (χ0n) is 16.7. The van der Waals surface area contributed by atoms with Crippen LogP contribution in [0.15, 0.2) is 34.7 Å². The van der Waals surface area contributed by atoms with Gasteiger partial charge in [-0.25, -0.2) is 8.78 Å². The minimum Gasteiger partial charge on any atom is -0.455 e. The van der Waals surface area contributed by atoms with Crippen LogP contribution in [0.3, 0.4) is 0 Å². The van der Waals surface area contributed by atoms with E-state index in [-0.39, 0.29) is 30.1 Å². The molecule has 2 N–H and O–H groups in total. The molecule has 1 aromatic heterocycles. The number of carbonyl (C=O) groups excluding carboxylic acids is 2. The molecule has 1 aromatic carbocycles. The van der Waals surface area contributed by atoms with Crippen LogP contribution in [0.25, 0.3) is 0 Å². The number of furan rings is 1. The third kappa shape index (κ3) is 6.11. The van der Waals surface area contributed by atoms with E-state index >= 15 is 0 Å². The van der Waals surface area contributed by atoms with Crippen LogP contribution in [-0.4, -0.2) is 55.6 Å². The van der Waals surface area contributed by atoms with Crippen LogP contribution in [0.5, 0.6) is 0 Å². The van der Waals surface area contributed by atoms with Gasteiger partial charge in [-0.3, -0.25) is 14.5 Å². The lowest BCUT2D eigenvalue weighted by atomic mass is 10.1. The Morgan fingerprint density at radius 2 is 2.00 bits per heavy atom. The fourth-order valence-electron chi connectivity index (χ4n) is 3.23. The van der Waals surface area contributed by atoms with Crippen LogP contribution in [0.1, 0.15) is 28.8 Å². The minimum atomic E-state index is -0.865. The quantitative estimate of drug-likeness (QED) is 0.680. The summed E-state index contributed by atoms with van der Waals surface area (Å²) in [5, 5.41) is 5.43. The van der Waals surface area contributed by atoms with Crippen LogP contribution in [0.2, 0.25) is 0 Å². The molecular formula is C21H25F2N3O4. The van der Waals surface area contributed by atoms with E-state index < -0.39 is 11.6 Å². The van der Waals surface area contributed by atoms with Crippen molar-refractivity contribution in [3.05, 3.63) is 59.1 Å². The Balaban J connectivity index is 1.44. The summed E-state index contributed by atoms with van der Waals surface area (Å²) in [5.74, 6) is -1.72. The van der Waals surface area contributed by atoms with Crippen molar-refractivity contribution in [2.75, 3.05) is 32.8 Å². The lowest BCUT2D eigenvalue weighted by Gasteiger charge is -2.33. The van der Waals surface area contributed by atoms with Crippen molar-refractivity contribution in [2.45, 2.75) is 26.0 Å². The molecule has 0 spiro atoms. The predicted molar refractivity (Wildman–Crippen MR) is 105 cm³/mol. The van der Waals surface area contributed by atoms with Gasteiger partial charge in [-0.05, 0) is 36.8 Å². The lowest BCUT2D eigenvalue weighted by molar-refractivity contribution is -0.122. The zero-order chi connectivity index (χ0) is 21.5. The van der Waals surface area contributed by atoms with E-state index in [4.69, 9.17) is 9.15 Å². The molecule has 0 saturated carbocycles. The van der Waals surface area contributed by atoms with Gasteiger partial charge in [0.2, 0.25) is 5.91 Å². The number of hydrogen-bond donors (Lipinski definition) is 2. The van der Waals surface area contributed by atoms with Gasteiger partial charge in [-0.1, -0.05) is 6.07 Å². The lowest BCUT2D eigenvalue weighted by Crippen LogP contribution is -2.47. The molecule has 0 unspecified atom stereocenters. The maximum absolute atomic E-state index is 13.4. The van der Waals surface area contributed by atoms with Gasteiger partial charge in [0.1, 0.15) is 5.76 Å². The molecule has 9 heteroatoms. The van der Waals surface area contributed by atoms with Gasteiger partial charge in [0.15, 0.2) is 17.4 Å². The summed E-state index contributed by atoms with van der Waals surface area (Å²) in [5.41, 5.74) is 0.680. The second kappa shape index (κ2) is 10.3. The zero-order valence-corrected chi connectivity index (χ0v) is 16.7. The molecule has 1 atom stereocenters. The maximum atomic E-state index is 13.4. The number of hydrogen-bond acceptors (Lipinski definition) is 5. The van der Waals surface area contributed by atoms with Gasteiger partial charge >= 0.3 is 0 Å². The molecular weight excluding hydrogens is 396 g/mol. The molecule has 0 aliphatic carbocycles. The number of nitrogens with one attached hydrogen (secondary N) is 2. The van der Waals surface area contributed by atoms with Gasteiger partial charge in [-0.15, -0.1) is 0 Å². The number of halogens is 2. The molecule has 2 heterocycles. The van der Waals surface area contributed by atoms with E-state index in [1.54, 1.807) is 12.1 Å². The highest BCUT2D eigenvalue weighted by molar-refractivity contribution is 5.91. The average molecular weight is 421 g/mol. The first-order chi connectivity index (χ1) is 14.4. The molecule has 1 saturated heterocycles. The highest BCUT2D eigenvalue weighted by Crippen LogP contribution is 2.14. The van der Waals surface area contributed by atoms with Crippen LogP contribution >= 0.6 is 0 Å². The molecule has 1 fully saturated rings. The van der Waals surface area contributed by atoms with Crippen molar-refractivity contribution >= 4 is 11.8 Å². The molecule has 1 aliphatic heterocycles. The van der Waals surface area contributed by atoms with Gasteiger partial charge in [-0.2, -0.15) is 0 Å². The molecule has 30 heavy (non-hydrogen) atoms. The Labute approximate surface area is 173 Å². The normalized spacial score (nSPS) is 17.0. The topological polar surface area (TPSA) is 83.8 Å². The number of amides is 2. The van der Waals surface area contributed by atoms with E-state index in [1.807, 2.05) is 6.92 Å². The molecule has 2 aromatic rings. The summed E-state index contributed by atoms with van der Waals surface area (Å²) < 4.78 is 37.5. The third-order valence-corrected chi connectivity index (χ3v) is 4.70. The molecule has 0 radical (unpaired) electrons. The second-order valence-corrected chi connectivity index (χ2v) is 7.08. The number of rotatable bonds is 8. The van der Waals surface area contributed by atoms with Crippen molar-refractivity contribution in [3.8, 4) is 0 Å². The Hall–Kier alpha value is -2.78. The largest absolute Gasteiger partial charge is 0.455 e. The average Bonchev–Trinajstić information content (AvgIpc) is 3.18. The summed E-state index contributed by atoms with van der Waals surface area (Å²) in [4.78, 5) is 26.0. The fraction of sp³-hybridized carbons (Fsp3) is 0.429. The monoisotopic (exact) mass is 421 g/mol. The van der Waals surface area contributed by atoms with Crippen LogP contribution in [0.4, 0.5) is 8.78 Å². The first kappa shape index (κ1) is 21.9. The smallest absolute Gasteiger partial charge is 0.286 e. The van der Waals surface area contributed by atoms with E-state index in [1.165, 1.54) is 12.1 Å². The Morgan fingerprint density at radius 3 is 2.77 bits per heavy atom. The second-order valence-electron chi connectivity index (χ2n) is 7.08. The molecule has 2 amide bonds. The first-order valence-corrected chi connectivity index (χ1v) is 9.86. The van der Waals surface area contributed by atoms with Crippen molar-refractivity contribution in [3.63, 3.8) is 0 Å². The van der Waals surface area contributed by atoms with Crippen molar-refractivity contribution in [1.29, 1.82) is 0 Å². The summed E-state index contributed by atoms with van der Waals surface area (Å²) in [6.45, 7) is 4.79. The third-order valence-electron chi connectivity index (χ3n) is 4.70. The van der Waals surface area contributed by atoms with Crippen molar-refractivity contribution in [2.24, 2.45) is 0 Å². The van der Waals surface area contributed by atoms with Crippen LogP contribution in [-0.2, 0) is 22.5 Å². The standard InChI is InChI=1S/C21H25F2N3O4/c1-2-24-21(28)19-6-4-15(30-19)10-20(27)25-11-16-13-26(7-8-29-16)12-14-3-5-17(22)18(23)9-14/h3-6,9,16H,2,7-8,10-13H2,1H3,(H,24,28)(H,25,27)/t16-/m0/s1. The maximum Gasteiger partial charge on any atom is 0.286 e. The minimum absolute atomic E-state index is 0.0185. The highest BCUT2D eigenvalue weighted by Gasteiger charge is 2.22. The SMILES string of the molecule is CCNC(=O)c1ccc(CC(=O)NC[C@H]2CN(Cc3ccc(F)c(F)c3)CCO2)o1. The molecule has 1 aliphatic rings. The number of benzene rings is 1. The van der Waals surface area contributed by atoms with E-state index in [2.05, 4.69) is 15.5 Å². The summed E-state index contributed by atoms with van der Waals surface area (Å²) in [7, 11) is 0. The molecule has 0 bridgehead atoms. The first-order valence-electron chi connectivity index (χ1n) is 9.86. The molecule has 7 nitrogen and oxygen atoms in total. The van der Waals surface area contributed by atoms with Gasteiger partial charge in [0.05, 0.1) is 19.1 Å². The van der Waals surface area contributed by atoms with Crippen LogP contribution in [0, 0.1) is 11.6 Å². The van der Waals surface area contributed by atoms with Gasteiger partial charge < -0.3 is 19.8 Å². The molecule has 3 rings (SSSR count). The highest BCUT2D eigenvalue weighted by atomic mass is 19.2. The van der Waals surface area contributed by atoms with Crippen molar-refractivity contribution < 1.29 is 27.5 Å².